The molecular formula is C66H42O4Si2. The predicted molar refractivity (Wildman–Crippen MR) is 306 cm³/mol. The molecule has 0 amide bonds. The van der Waals surface area contributed by atoms with Crippen LogP contribution in [0.2, 0.25) is 26.2 Å². The van der Waals surface area contributed by atoms with Crippen LogP contribution >= 0.6 is 0 Å². The van der Waals surface area contributed by atoms with Crippen molar-refractivity contribution >= 4 is 146 Å². The molecule has 0 fully saturated rings. The smallest absolute Gasteiger partial charge is 0.143 e. The fourth-order valence-corrected chi connectivity index (χ4v) is 22.1. The summed E-state index contributed by atoms with van der Waals surface area (Å²) in [6.45, 7) is 10.3. The number of benzene rings is 11. The van der Waals surface area contributed by atoms with Gasteiger partial charge in [-0.25, -0.2) is 0 Å². The van der Waals surface area contributed by atoms with Crippen molar-refractivity contribution in [3.63, 3.8) is 0 Å². The van der Waals surface area contributed by atoms with Gasteiger partial charge >= 0.3 is 0 Å². The third kappa shape index (κ3) is 4.91. The van der Waals surface area contributed by atoms with E-state index in [9.17, 15) is 0 Å². The molecule has 6 heterocycles. The van der Waals surface area contributed by atoms with E-state index in [1.165, 1.54) is 65.1 Å². The van der Waals surface area contributed by atoms with Gasteiger partial charge in [0.25, 0.3) is 0 Å². The molecule has 0 spiro atoms. The van der Waals surface area contributed by atoms with Gasteiger partial charge in [0.05, 0.1) is 0 Å². The highest BCUT2D eigenvalue weighted by Crippen LogP contribution is 2.49. The first-order chi connectivity index (χ1) is 35.2. The van der Waals surface area contributed by atoms with Crippen molar-refractivity contribution in [2.24, 2.45) is 0 Å². The molecule has 2 aliphatic heterocycles. The van der Waals surface area contributed by atoms with Gasteiger partial charge in [-0.15, -0.1) is 0 Å². The standard InChI is InChI=1S/C66H42O4Si2/c1-71(2)57-34-48(40-22-24-42-50-28-36-14-6-8-16-38(36)30-56(50)68-54(42)32-40)63-62(44-18-10-12-20-52(44)69-63)60(57)45-25-26-46-61-58(72(3,4)66(46)65(45)71)33-47(59-43-17-9-11-19-51(43)70-64(59)61)39-21-23-41-49-27-35-13-5-7-15-37(35)29-55(49)67-53(41)31-39/h5-34H,1-4H3. The summed E-state index contributed by atoms with van der Waals surface area (Å²) in [6.07, 6.45) is 0. The number of rotatable bonds is 2. The van der Waals surface area contributed by atoms with Crippen LogP contribution in [-0.4, -0.2) is 16.1 Å². The fourth-order valence-electron chi connectivity index (χ4n) is 13.6. The summed E-state index contributed by atoms with van der Waals surface area (Å²) in [5, 5.41) is 20.0. The summed E-state index contributed by atoms with van der Waals surface area (Å²) >= 11 is 0. The first-order valence-corrected chi connectivity index (χ1v) is 31.0. The third-order valence-corrected chi connectivity index (χ3v) is 24.2. The van der Waals surface area contributed by atoms with Crippen LogP contribution in [0.1, 0.15) is 0 Å². The monoisotopic (exact) mass is 954 g/mol. The van der Waals surface area contributed by atoms with Crippen LogP contribution in [0, 0.1) is 0 Å². The molecule has 72 heavy (non-hydrogen) atoms. The number of furan rings is 4. The van der Waals surface area contributed by atoms with Crippen LogP contribution < -0.4 is 20.7 Å². The van der Waals surface area contributed by atoms with E-state index in [0.717, 1.165) is 99.1 Å². The highest BCUT2D eigenvalue weighted by molar-refractivity contribution is 7.13. The van der Waals surface area contributed by atoms with Gasteiger partial charge in [0.1, 0.15) is 60.8 Å². The van der Waals surface area contributed by atoms with Gasteiger partial charge < -0.3 is 17.7 Å². The quantitative estimate of drug-likeness (QED) is 0.162. The first-order valence-electron chi connectivity index (χ1n) is 25.0. The molecule has 11 aromatic carbocycles. The van der Waals surface area contributed by atoms with Crippen molar-refractivity contribution in [2.45, 2.75) is 26.2 Å². The van der Waals surface area contributed by atoms with Crippen molar-refractivity contribution in [1.29, 1.82) is 0 Å². The molecule has 338 valence electrons. The van der Waals surface area contributed by atoms with Gasteiger partial charge in [-0.3, -0.25) is 0 Å². The van der Waals surface area contributed by atoms with Gasteiger partial charge in [0, 0.05) is 54.2 Å². The molecular weight excluding hydrogens is 913 g/mol. The Bertz CT molecular complexity index is 5000. The second-order valence-electron chi connectivity index (χ2n) is 21.5. The lowest BCUT2D eigenvalue weighted by Gasteiger charge is -2.28. The van der Waals surface area contributed by atoms with Crippen LogP contribution in [0.4, 0.5) is 0 Å². The largest absolute Gasteiger partial charge is 0.456 e. The Balaban J connectivity index is 0.884. The molecule has 0 aliphatic carbocycles. The van der Waals surface area contributed by atoms with Crippen molar-refractivity contribution in [2.75, 3.05) is 0 Å². The number of fused-ring (bicyclic) bond motifs is 23. The van der Waals surface area contributed by atoms with E-state index in [4.69, 9.17) is 17.7 Å². The maximum atomic E-state index is 7.14. The van der Waals surface area contributed by atoms with E-state index in [1.54, 1.807) is 10.4 Å². The van der Waals surface area contributed by atoms with E-state index in [2.05, 4.69) is 208 Å². The molecule has 0 saturated carbocycles. The summed E-state index contributed by atoms with van der Waals surface area (Å²) < 4.78 is 27.5. The van der Waals surface area contributed by atoms with E-state index < -0.39 is 16.1 Å². The van der Waals surface area contributed by atoms with Crippen molar-refractivity contribution in [1.82, 2.24) is 0 Å². The van der Waals surface area contributed by atoms with E-state index in [0.29, 0.717) is 0 Å². The van der Waals surface area contributed by atoms with E-state index >= 15 is 0 Å². The summed E-state index contributed by atoms with van der Waals surface area (Å²) in [4.78, 5) is 0. The molecule has 0 N–H and O–H groups in total. The fraction of sp³-hybridized carbons (Fsp3) is 0.0606. The predicted octanol–water partition coefficient (Wildman–Crippen LogP) is 16.5. The molecule has 0 unspecified atom stereocenters. The zero-order chi connectivity index (χ0) is 47.5. The zero-order valence-corrected chi connectivity index (χ0v) is 42.0. The van der Waals surface area contributed by atoms with Crippen molar-refractivity contribution in [3.8, 4) is 44.5 Å². The summed E-state index contributed by atoms with van der Waals surface area (Å²) in [5.74, 6) is 0. The second kappa shape index (κ2) is 13.3. The molecule has 0 bridgehead atoms. The zero-order valence-electron chi connectivity index (χ0n) is 40.0. The van der Waals surface area contributed by atoms with Gasteiger partial charge in [-0.05, 0) is 136 Å². The summed E-state index contributed by atoms with van der Waals surface area (Å²) in [5.41, 5.74) is 17.2. The Morgan fingerprint density at radius 2 is 0.736 bits per heavy atom. The first kappa shape index (κ1) is 39.3. The molecule has 0 saturated heterocycles. The van der Waals surface area contributed by atoms with Crippen LogP contribution in [0.15, 0.2) is 200 Å². The van der Waals surface area contributed by atoms with Crippen molar-refractivity contribution < 1.29 is 17.7 Å². The van der Waals surface area contributed by atoms with Crippen LogP contribution in [0.25, 0.3) is 154 Å². The minimum absolute atomic E-state index is 0.883. The molecule has 4 nitrogen and oxygen atoms in total. The number of para-hydroxylation sites is 2. The SMILES string of the molecule is C[Si]1(C)c2cc(-c3ccc4c(c3)oc3cc5ccccc5cc34)c3c(oc4ccccc43)c2-c2ccc3c(c21)[Si](C)(C)c1cc(-c2ccc4c(c2)oc2cc5ccccc5cc24)c2oc4ccccc4c2c1-3. The lowest BCUT2D eigenvalue weighted by Crippen LogP contribution is -2.63. The minimum Gasteiger partial charge on any atom is -0.456 e. The lowest BCUT2D eigenvalue weighted by molar-refractivity contribution is 0.668. The molecule has 2 aliphatic rings. The normalized spacial score (nSPS) is 14.6. The highest BCUT2D eigenvalue weighted by Gasteiger charge is 2.50. The molecule has 15 aromatic rings. The minimum atomic E-state index is -2.44. The second-order valence-corrected chi connectivity index (χ2v) is 30.1. The Hall–Kier alpha value is -8.43. The Morgan fingerprint density at radius 1 is 0.292 bits per heavy atom. The maximum absolute atomic E-state index is 7.14. The van der Waals surface area contributed by atoms with Crippen molar-refractivity contribution in [3.05, 3.63) is 182 Å². The molecule has 0 atom stereocenters. The molecule has 17 rings (SSSR count). The summed E-state index contributed by atoms with van der Waals surface area (Å²) in [7, 11) is -4.87. The van der Waals surface area contributed by atoms with Gasteiger partial charge in [0.15, 0.2) is 0 Å². The Labute approximate surface area is 414 Å². The molecule has 4 aromatic heterocycles. The van der Waals surface area contributed by atoms with Gasteiger partial charge in [-0.1, -0.05) is 148 Å². The van der Waals surface area contributed by atoms with Crippen LogP contribution in [-0.2, 0) is 0 Å². The lowest BCUT2D eigenvalue weighted by atomic mass is 9.92. The highest BCUT2D eigenvalue weighted by atomic mass is 28.3. The third-order valence-electron chi connectivity index (χ3n) is 16.9. The molecule has 6 heteroatoms. The van der Waals surface area contributed by atoms with E-state index in [-0.39, 0.29) is 0 Å². The molecule has 0 radical (unpaired) electrons. The Morgan fingerprint density at radius 3 is 1.32 bits per heavy atom. The van der Waals surface area contributed by atoms with Crippen LogP contribution in [0.5, 0.6) is 0 Å². The van der Waals surface area contributed by atoms with E-state index in [1.807, 2.05) is 0 Å². The average molecular weight is 955 g/mol. The van der Waals surface area contributed by atoms with Crippen LogP contribution in [0.3, 0.4) is 0 Å². The number of hydrogen-bond donors (Lipinski definition) is 0. The number of hydrogen-bond acceptors (Lipinski definition) is 4. The summed E-state index contributed by atoms with van der Waals surface area (Å²) in [6, 6.07) is 66.6. The Kier molecular flexibility index (Phi) is 7.26. The van der Waals surface area contributed by atoms with Gasteiger partial charge in [0.2, 0.25) is 0 Å². The average Bonchev–Trinajstić information content (AvgIpc) is 4.24. The topological polar surface area (TPSA) is 52.6 Å². The maximum Gasteiger partial charge on any atom is 0.143 e. The van der Waals surface area contributed by atoms with Gasteiger partial charge in [-0.2, -0.15) is 0 Å².